The highest BCUT2D eigenvalue weighted by Gasteiger charge is 2.27. The Bertz CT molecular complexity index is 507. The highest BCUT2D eigenvalue weighted by atomic mass is 16.5. The van der Waals surface area contributed by atoms with Gasteiger partial charge in [-0.15, -0.1) is 0 Å². The molecule has 1 aromatic carbocycles. The van der Waals surface area contributed by atoms with E-state index in [-0.39, 0.29) is 12.0 Å². The molecule has 0 saturated carbocycles. The van der Waals surface area contributed by atoms with Gasteiger partial charge in [-0.2, -0.15) is 0 Å². The van der Waals surface area contributed by atoms with E-state index in [0.717, 1.165) is 38.0 Å². The zero-order chi connectivity index (χ0) is 16.8. The summed E-state index contributed by atoms with van der Waals surface area (Å²) in [4.78, 5) is 2.39. The fourth-order valence-electron chi connectivity index (χ4n) is 3.25. The number of piperidine rings is 1. The lowest BCUT2D eigenvalue weighted by Crippen LogP contribution is -2.43. The van der Waals surface area contributed by atoms with Gasteiger partial charge in [0.2, 0.25) is 0 Å². The summed E-state index contributed by atoms with van der Waals surface area (Å²) in [6.07, 6.45) is 1.39. The van der Waals surface area contributed by atoms with Gasteiger partial charge < -0.3 is 25.2 Å². The highest BCUT2D eigenvalue weighted by molar-refractivity contribution is 5.62. The molecule has 0 radical (unpaired) electrons. The van der Waals surface area contributed by atoms with E-state index >= 15 is 0 Å². The van der Waals surface area contributed by atoms with Crippen LogP contribution in [0.5, 0.6) is 11.5 Å². The van der Waals surface area contributed by atoms with Crippen molar-refractivity contribution in [3.05, 3.63) is 17.7 Å². The molecule has 0 aliphatic carbocycles. The monoisotopic (exact) mass is 322 g/mol. The molecule has 0 bridgehead atoms. The lowest BCUT2D eigenvalue weighted by Gasteiger charge is -2.35. The lowest BCUT2D eigenvalue weighted by molar-refractivity contribution is 0.0290. The predicted molar refractivity (Wildman–Crippen MR) is 93.1 cm³/mol. The normalized spacial score (nSPS) is 22.1. The van der Waals surface area contributed by atoms with Crippen molar-refractivity contribution in [2.75, 3.05) is 38.6 Å². The van der Waals surface area contributed by atoms with Crippen LogP contribution >= 0.6 is 0 Å². The van der Waals surface area contributed by atoms with E-state index < -0.39 is 0 Å². The van der Waals surface area contributed by atoms with Crippen LogP contribution in [0.25, 0.3) is 0 Å². The van der Waals surface area contributed by atoms with Crippen molar-refractivity contribution in [3.8, 4) is 11.5 Å². The number of nitrogen functional groups attached to an aromatic ring is 1. The number of rotatable bonds is 7. The zero-order valence-corrected chi connectivity index (χ0v) is 14.5. The van der Waals surface area contributed by atoms with Gasteiger partial charge in [-0.05, 0) is 50.9 Å². The Labute approximate surface area is 139 Å². The predicted octanol–water partition coefficient (Wildman–Crippen LogP) is 2.31. The van der Waals surface area contributed by atoms with Crippen molar-refractivity contribution in [1.29, 1.82) is 0 Å². The summed E-state index contributed by atoms with van der Waals surface area (Å²) in [5.41, 5.74) is 7.85. The molecule has 1 heterocycles. The Hall–Kier alpha value is -1.46. The molecule has 0 spiro atoms. The summed E-state index contributed by atoms with van der Waals surface area (Å²) in [7, 11) is 0. The maximum atomic E-state index is 10.3. The van der Waals surface area contributed by atoms with Gasteiger partial charge in [0, 0.05) is 19.0 Å². The third-order valence-corrected chi connectivity index (χ3v) is 4.45. The van der Waals surface area contributed by atoms with E-state index in [1.165, 1.54) is 0 Å². The number of nitrogens with two attached hydrogens (primary N) is 1. The maximum Gasteiger partial charge on any atom is 0.184 e. The van der Waals surface area contributed by atoms with Gasteiger partial charge in [-0.3, -0.25) is 0 Å². The van der Waals surface area contributed by atoms with Crippen LogP contribution in [0.4, 0.5) is 5.69 Å². The van der Waals surface area contributed by atoms with Crippen molar-refractivity contribution in [2.24, 2.45) is 5.92 Å². The quantitative estimate of drug-likeness (QED) is 0.754. The van der Waals surface area contributed by atoms with E-state index in [1.54, 1.807) is 0 Å². The number of aliphatic hydroxyl groups is 1. The second-order valence-electron chi connectivity index (χ2n) is 6.09. The summed E-state index contributed by atoms with van der Waals surface area (Å²) < 4.78 is 11.3. The smallest absolute Gasteiger partial charge is 0.184 e. The molecule has 23 heavy (non-hydrogen) atoms. The Morgan fingerprint density at radius 3 is 2.61 bits per heavy atom. The van der Waals surface area contributed by atoms with Crippen molar-refractivity contribution in [1.82, 2.24) is 4.90 Å². The van der Waals surface area contributed by atoms with Crippen LogP contribution in [-0.2, 0) is 6.42 Å². The average Bonchev–Trinajstić information content (AvgIpc) is 2.53. The number of likely N-dealkylation sites (tertiary alicyclic amines) is 1. The summed E-state index contributed by atoms with van der Waals surface area (Å²) in [5, 5.41) is 10.3. The fourth-order valence-corrected chi connectivity index (χ4v) is 3.25. The van der Waals surface area contributed by atoms with Crippen LogP contribution in [0, 0.1) is 5.92 Å². The summed E-state index contributed by atoms with van der Waals surface area (Å²) in [5.74, 6) is 1.55. The van der Waals surface area contributed by atoms with E-state index in [1.807, 2.05) is 26.0 Å². The zero-order valence-electron chi connectivity index (χ0n) is 14.5. The van der Waals surface area contributed by atoms with Gasteiger partial charge in [0.25, 0.3) is 0 Å². The van der Waals surface area contributed by atoms with Crippen LogP contribution in [0.3, 0.4) is 0 Å². The number of aliphatic hydroxyl groups excluding tert-OH is 1. The third kappa shape index (κ3) is 4.52. The molecule has 0 aromatic heterocycles. The summed E-state index contributed by atoms with van der Waals surface area (Å²) in [6, 6.07) is 3.95. The Kier molecular flexibility index (Phi) is 6.54. The SMILES string of the molecule is CCOc1cc(CC2CN(CC)CCC2O)cc(N)c1OCC. The van der Waals surface area contributed by atoms with Crippen LogP contribution in [0.1, 0.15) is 32.8 Å². The summed E-state index contributed by atoms with van der Waals surface area (Å²) >= 11 is 0. The molecule has 1 saturated heterocycles. The van der Waals surface area contributed by atoms with Crippen molar-refractivity contribution in [2.45, 2.75) is 39.7 Å². The number of nitrogens with zero attached hydrogens (tertiary/aromatic N) is 1. The largest absolute Gasteiger partial charge is 0.490 e. The van der Waals surface area contributed by atoms with E-state index in [2.05, 4.69) is 11.8 Å². The molecule has 130 valence electrons. The molecule has 1 aromatic rings. The molecule has 0 amide bonds. The molecule has 3 N–H and O–H groups in total. The molecule has 2 rings (SSSR count). The van der Waals surface area contributed by atoms with Gasteiger partial charge in [0.05, 0.1) is 25.0 Å². The number of hydrogen-bond donors (Lipinski definition) is 2. The van der Waals surface area contributed by atoms with Crippen LogP contribution in [0.2, 0.25) is 0 Å². The Morgan fingerprint density at radius 2 is 1.96 bits per heavy atom. The van der Waals surface area contributed by atoms with Gasteiger partial charge >= 0.3 is 0 Å². The standard InChI is InChI=1S/C18H30N2O3/c1-4-20-8-7-16(21)14(12-20)9-13-10-15(19)18(23-6-3)17(11-13)22-5-2/h10-11,14,16,21H,4-9,12,19H2,1-3H3. The molecule has 1 aliphatic rings. The van der Waals surface area contributed by atoms with Crippen molar-refractivity contribution in [3.63, 3.8) is 0 Å². The first-order valence-electron chi connectivity index (χ1n) is 8.67. The number of benzene rings is 1. The molecule has 1 aliphatic heterocycles. The van der Waals surface area contributed by atoms with Gasteiger partial charge in [-0.1, -0.05) is 6.92 Å². The number of hydrogen-bond acceptors (Lipinski definition) is 5. The molecule has 2 unspecified atom stereocenters. The number of ether oxygens (including phenoxy) is 2. The Morgan fingerprint density at radius 1 is 1.22 bits per heavy atom. The second kappa shape index (κ2) is 8.41. The topological polar surface area (TPSA) is 68.0 Å². The Balaban J connectivity index is 2.18. The van der Waals surface area contributed by atoms with Crippen LogP contribution < -0.4 is 15.2 Å². The average molecular weight is 322 g/mol. The first-order chi connectivity index (χ1) is 11.1. The first kappa shape index (κ1) is 17.9. The maximum absolute atomic E-state index is 10.3. The summed E-state index contributed by atoms with van der Waals surface area (Å²) in [6.45, 7) is 10.1. The van der Waals surface area contributed by atoms with Crippen LogP contribution in [0.15, 0.2) is 12.1 Å². The molecule has 1 fully saturated rings. The highest BCUT2D eigenvalue weighted by Crippen LogP contribution is 2.36. The lowest BCUT2D eigenvalue weighted by atomic mass is 9.88. The third-order valence-electron chi connectivity index (χ3n) is 4.45. The minimum atomic E-state index is -0.249. The van der Waals surface area contributed by atoms with Crippen LogP contribution in [-0.4, -0.2) is 49.0 Å². The van der Waals surface area contributed by atoms with Gasteiger partial charge in [0.15, 0.2) is 11.5 Å². The van der Waals surface area contributed by atoms with E-state index in [4.69, 9.17) is 15.2 Å². The number of anilines is 1. The van der Waals surface area contributed by atoms with Gasteiger partial charge in [-0.25, -0.2) is 0 Å². The molecule has 2 atom stereocenters. The molecule has 5 nitrogen and oxygen atoms in total. The molecular formula is C18H30N2O3. The second-order valence-corrected chi connectivity index (χ2v) is 6.09. The van der Waals surface area contributed by atoms with Crippen molar-refractivity contribution >= 4 is 5.69 Å². The molecular weight excluding hydrogens is 292 g/mol. The minimum absolute atomic E-state index is 0.232. The van der Waals surface area contributed by atoms with Crippen molar-refractivity contribution < 1.29 is 14.6 Å². The first-order valence-corrected chi connectivity index (χ1v) is 8.67. The van der Waals surface area contributed by atoms with E-state index in [9.17, 15) is 5.11 Å². The minimum Gasteiger partial charge on any atom is -0.490 e. The molecule has 5 heteroatoms. The van der Waals surface area contributed by atoms with E-state index in [0.29, 0.717) is 30.4 Å². The van der Waals surface area contributed by atoms with Gasteiger partial charge in [0.1, 0.15) is 0 Å². The fraction of sp³-hybridized carbons (Fsp3) is 0.667.